The molecule has 6 aliphatic rings. The topological polar surface area (TPSA) is 231 Å². The van der Waals surface area contributed by atoms with Gasteiger partial charge in [0.1, 0.15) is 12.2 Å². The molecule has 0 radical (unpaired) electrons. The standard InChI is InChI=1S/2C29H39N3O6/c2*30-22-10-6-9-21(15-22)17-32(38-23-11-4-5-12-23)18-26(33)25(16-20-7-2-1-3-8-20)31-29(34)37-27-19-36-28-24(27)13-14-35-28/h2*1-3,6-10,15,23-28,33H,4-5,11-14,16-19,30H2,(H,31,34)/t24-,25+,26-,27-,28+;24-,25-,26+,27-,28+/m10/s1. The van der Waals surface area contributed by atoms with Gasteiger partial charge >= 0.3 is 12.2 Å². The van der Waals surface area contributed by atoms with Crippen LogP contribution in [0.25, 0.3) is 0 Å². The van der Waals surface area contributed by atoms with Crippen LogP contribution in [0.1, 0.15) is 86.5 Å². The number of hydrogen-bond acceptors (Lipinski definition) is 16. The molecule has 4 aromatic carbocycles. The van der Waals surface area contributed by atoms with Gasteiger partial charge in [-0.2, -0.15) is 10.1 Å². The SMILES string of the molecule is Nc1cccc(CN(C[C@@H](O)[C@H](Cc2ccccc2)NC(=O)O[C@@H]2CO[C@@H]3OCC[C@@H]32)OC2CCCC2)c1.Nc1cccc(CN(C[C@@H](O)[C@H](Cc2ccccc2)NC(=O)O[C@H]2CO[C@H]3OCC[C@H]32)OC2CCCC2)c1. The molecule has 2 saturated carbocycles. The lowest BCUT2D eigenvalue weighted by Crippen LogP contribution is -2.50. The largest absolute Gasteiger partial charge is 0.443 e. The van der Waals surface area contributed by atoms with Gasteiger partial charge in [-0.05, 0) is 97.9 Å². The van der Waals surface area contributed by atoms with Crippen LogP contribution in [0.3, 0.4) is 0 Å². The zero-order valence-electron chi connectivity index (χ0n) is 43.5. The summed E-state index contributed by atoms with van der Waals surface area (Å²) in [7, 11) is 0. The summed E-state index contributed by atoms with van der Waals surface area (Å²) in [4.78, 5) is 38.7. The minimum atomic E-state index is -0.910. The van der Waals surface area contributed by atoms with Crippen molar-refractivity contribution in [2.24, 2.45) is 11.8 Å². The first kappa shape index (κ1) is 55.4. The van der Waals surface area contributed by atoms with Gasteiger partial charge in [0.2, 0.25) is 0 Å². The highest BCUT2D eigenvalue weighted by atomic mass is 16.7. The second kappa shape index (κ2) is 27.8. The molecule has 6 fully saturated rings. The number of amides is 2. The quantitative estimate of drug-likeness (QED) is 0.0351. The Balaban J connectivity index is 0.000000186. The van der Waals surface area contributed by atoms with Crippen molar-refractivity contribution in [1.29, 1.82) is 0 Å². The van der Waals surface area contributed by atoms with E-state index in [0.717, 1.165) is 86.5 Å². The van der Waals surface area contributed by atoms with Crippen molar-refractivity contribution in [2.75, 3.05) is 51.0 Å². The van der Waals surface area contributed by atoms with E-state index < -0.39 is 36.5 Å². The van der Waals surface area contributed by atoms with Crippen LogP contribution >= 0.6 is 0 Å². The minimum Gasteiger partial charge on any atom is -0.443 e. The summed E-state index contributed by atoms with van der Waals surface area (Å²) in [6, 6.07) is 33.8. The van der Waals surface area contributed by atoms with E-state index in [-0.39, 0.29) is 61.9 Å². The van der Waals surface area contributed by atoms with Gasteiger partial charge in [-0.15, -0.1) is 0 Å². The first-order valence-electron chi connectivity index (χ1n) is 27.4. The fraction of sp³-hybridized carbons (Fsp3) is 0.552. The van der Waals surface area contributed by atoms with Crippen molar-refractivity contribution < 1.29 is 57.9 Å². The third-order valence-electron chi connectivity index (χ3n) is 15.2. The van der Waals surface area contributed by atoms with Crippen LogP contribution in [0.5, 0.6) is 0 Å². The predicted octanol–water partition coefficient (Wildman–Crippen LogP) is 6.81. The number of hydrogen-bond donors (Lipinski definition) is 6. The molecule has 18 heteroatoms. The summed E-state index contributed by atoms with van der Waals surface area (Å²) in [6.07, 6.45) is 7.03. The third-order valence-corrected chi connectivity index (χ3v) is 15.2. The van der Waals surface area contributed by atoms with E-state index in [1.807, 2.05) is 119 Å². The van der Waals surface area contributed by atoms with E-state index in [9.17, 15) is 19.8 Å². The van der Waals surface area contributed by atoms with Crippen molar-refractivity contribution in [3.8, 4) is 0 Å². The highest BCUT2D eigenvalue weighted by Crippen LogP contribution is 2.34. The molecule has 10 atom stereocenters. The lowest BCUT2D eigenvalue weighted by atomic mass is 10.0. The number of benzene rings is 4. The second-order valence-electron chi connectivity index (χ2n) is 21.1. The molecule has 412 valence electrons. The molecule has 0 bridgehead atoms. The van der Waals surface area contributed by atoms with Gasteiger partial charge in [0, 0.05) is 24.5 Å². The lowest BCUT2D eigenvalue weighted by molar-refractivity contribution is -0.214. The second-order valence-corrected chi connectivity index (χ2v) is 21.1. The van der Waals surface area contributed by atoms with Crippen molar-refractivity contribution in [1.82, 2.24) is 20.8 Å². The number of carbonyl (C=O) groups is 2. The first-order chi connectivity index (χ1) is 37.1. The average Bonchev–Trinajstić information content (AvgIpc) is 4.29. The molecule has 4 saturated heterocycles. The van der Waals surface area contributed by atoms with Crippen LogP contribution in [-0.2, 0) is 64.0 Å². The van der Waals surface area contributed by atoms with E-state index in [1.165, 1.54) is 0 Å². The summed E-state index contributed by atoms with van der Waals surface area (Å²) in [5.74, 6) is 0.0960. The number of fused-ring (bicyclic) bond motifs is 2. The Kier molecular flexibility index (Phi) is 20.2. The van der Waals surface area contributed by atoms with Crippen LogP contribution in [0.4, 0.5) is 21.0 Å². The van der Waals surface area contributed by atoms with Gasteiger partial charge in [-0.25, -0.2) is 9.59 Å². The minimum absolute atomic E-state index is 0.0480. The molecular formula is C58H78N6O12. The number of nitrogens with two attached hydrogens (primary N) is 2. The highest BCUT2D eigenvalue weighted by molar-refractivity contribution is 5.68. The zero-order valence-corrected chi connectivity index (χ0v) is 43.5. The Bertz CT molecular complexity index is 2230. The predicted molar refractivity (Wildman–Crippen MR) is 283 cm³/mol. The number of nitrogen functional groups attached to an aromatic ring is 2. The van der Waals surface area contributed by atoms with Crippen molar-refractivity contribution in [3.63, 3.8) is 0 Å². The maximum atomic E-state index is 13.0. The fourth-order valence-electron chi connectivity index (χ4n) is 11.2. The van der Waals surface area contributed by atoms with Crippen molar-refractivity contribution in [2.45, 2.75) is 151 Å². The number of aliphatic hydroxyl groups is 2. The van der Waals surface area contributed by atoms with E-state index in [2.05, 4.69) is 10.6 Å². The molecule has 2 amide bonds. The maximum Gasteiger partial charge on any atom is 0.407 e. The highest BCUT2D eigenvalue weighted by Gasteiger charge is 2.45. The number of alkyl carbamates (subject to hydrolysis) is 2. The number of nitrogens with one attached hydrogen (secondary N) is 2. The van der Waals surface area contributed by atoms with Gasteiger partial charge in [-0.1, -0.05) is 111 Å². The fourth-order valence-corrected chi connectivity index (χ4v) is 11.2. The molecule has 18 nitrogen and oxygen atoms in total. The zero-order chi connectivity index (χ0) is 52.6. The van der Waals surface area contributed by atoms with Crippen LogP contribution in [0, 0.1) is 11.8 Å². The van der Waals surface area contributed by atoms with E-state index in [1.54, 1.807) is 0 Å². The Morgan fingerprint density at radius 1 is 0.539 bits per heavy atom. The van der Waals surface area contributed by atoms with Crippen LogP contribution in [-0.4, -0.2) is 133 Å². The molecule has 2 aliphatic carbocycles. The monoisotopic (exact) mass is 1050 g/mol. The molecule has 4 aromatic rings. The van der Waals surface area contributed by atoms with Crippen LogP contribution in [0.2, 0.25) is 0 Å². The van der Waals surface area contributed by atoms with Gasteiger partial charge in [0.15, 0.2) is 12.6 Å². The molecule has 76 heavy (non-hydrogen) atoms. The smallest absolute Gasteiger partial charge is 0.407 e. The van der Waals surface area contributed by atoms with E-state index in [0.29, 0.717) is 63.7 Å². The van der Waals surface area contributed by atoms with Crippen LogP contribution in [0.15, 0.2) is 109 Å². The summed E-state index contributed by atoms with van der Waals surface area (Å²) < 4.78 is 33.8. The number of carbonyl (C=O) groups excluding carboxylic acids is 2. The molecule has 0 aromatic heterocycles. The first-order valence-corrected chi connectivity index (χ1v) is 27.4. The maximum absolute atomic E-state index is 13.0. The number of ether oxygens (including phenoxy) is 6. The Morgan fingerprint density at radius 2 is 0.934 bits per heavy atom. The van der Waals surface area contributed by atoms with Crippen LogP contribution < -0.4 is 22.1 Å². The normalized spacial score (nSPS) is 24.8. The molecule has 4 heterocycles. The summed E-state index contributed by atoms with van der Waals surface area (Å²) in [5.41, 5.74) is 17.4. The number of hydroxylamine groups is 4. The molecule has 0 unspecified atom stereocenters. The lowest BCUT2D eigenvalue weighted by Gasteiger charge is -2.31. The summed E-state index contributed by atoms with van der Waals surface area (Å²) in [6.45, 7) is 3.23. The van der Waals surface area contributed by atoms with Gasteiger partial charge in [0.05, 0.1) is 87.9 Å². The third kappa shape index (κ3) is 16.3. The number of nitrogens with zero attached hydrogens (tertiary/aromatic N) is 2. The molecule has 10 rings (SSSR count). The van der Waals surface area contributed by atoms with Gasteiger partial charge in [0.25, 0.3) is 0 Å². The molecule has 8 N–H and O–H groups in total. The van der Waals surface area contributed by atoms with E-state index >= 15 is 0 Å². The van der Waals surface area contributed by atoms with Crippen molar-refractivity contribution in [3.05, 3.63) is 131 Å². The molecular weight excluding hydrogens is 973 g/mol. The molecule has 4 aliphatic heterocycles. The summed E-state index contributed by atoms with van der Waals surface area (Å²) >= 11 is 0. The molecule has 0 spiro atoms. The number of aliphatic hydroxyl groups excluding tert-OH is 2. The Morgan fingerprint density at radius 3 is 1.33 bits per heavy atom. The Labute approximate surface area is 446 Å². The van der Waals surface area contributed by atoms with Gasteiger partial charge < -0.3 is 60.7 Å². The number of anilines is 2. The Hall–Kier alpha value is -5.38. The average molecular weight is 1050 g/mol. The summed E-state index contributed by atoms with van der Waals surface area (Å²) in [5, 5.41) is 32.4. The number of rotatable bonds is 22. The van der Waals surface area contributed by atoms with Gasteiger partial charge in [-0.3, -0.25) is 9.68 Å². The van der Waals surface area contributed by atoms with E-state index in [4.69, 9.17) is 49.6 Å². The van der Waals surface area contributed by atoms with Crippen molar-refractivity contribution >= 4 is 23.6 Å².